The fraction of sp³-hybridized carbons (Fsp3) is 0.0455. The van der Waals surface area contributed by atoms with Gasteiger partial charge in [-0.3, -0.25) is 0 Å². The highest BCUT2D eigenvalue weighted by molar-refractivity contribution is 6.02. The minimum atomic E-state index is -1.02. The number of aromatic nitrogens is 1. The van der Waals surface area contributed by atoms with Crippen molar-refractivity contribution in [3.63, 3.8) is 0 Å². The van der Waals surface area contributed by atoms with Gasteiger partial charge in [-0.2, -0.15) is 0 Å². The van der Waals surface area contributed by atoms with Crippen LogP contribution in [0.15, 0.2) is 84.9 Å². The molecular formula is C22H17NO3. The molecule has 128 valence electrons. The normalized spacial score (nSPS) is 10.8. The highest BCUT2D eigenvalue weighted by Gasteiger charge is 2.24. The third-order valence-electron chi connectivity index (χ3n) is 4.27. The molecule has 0 saturated carbocycles. The van der Waals surface area contributed by atoms with E-state index in [9.17, 15) is 9.90 Å². The summed E-state index contributed by atoms with van der Waals surface area (Å²) >= 11 is 0. The fourth-order valence-corrected chi connectivity index (χ4v) is 3.12. The highest BCUT2D eigenvalue weighted by atomic mass is 16.5. The van der Waals surface area contributed by atoms with Gasteiger partial charge in [-0.05, 0) is 29.8 Å². The van der Waals surface area contributed by atoms with Gasteiger partial charge in [0.15, 0.2) is 11.4 Å². The summed E-state index contributed by atoms with van der Waals surface area (Å²) in [5.74, 6) is -0.631. The standard InChI is InChI=1S/C22H17NO3/c24-22(25)20-21(26-15-16-9-3-1-4-10-16)18-13-7-8-14-19(18)23(20)17-11-5-2-6-12-17/h1-14H,15H2,(H,24,25). The van der Waals surface area contributed by atoms with Crippen LogP contribution in [0.25, 0.3) is 16.6 Å². The van der Waals surface area contributed by atoms with Gasteiger partial charge >= 0.3 is 5.97 Å². The lowest BCUT2D eigenvalue weighted by atomic mass is 10.2. The molecule has 4 aromatic rings. The van der Waals surface area contributed by atoms with Crippen molar-refractivity contribution in [3.8, 4) is 11.4 Å². The van der Waals surface area contributed by atoms with Gasteiger partial charge in [0.25, 0.3) is 0 Å². The third-order valence-corrected chi connectivity index (χ3v) is 4.27. The van der Waals surface area contributed by atoms with Crippen LogP contribution < -0.4 is 4.74 Å². The first-order valence-electron chi connectivity index (χ1n) is 8.34. The molecule has 0 aliphatic heterocycles. The van der Waals surface area contributed by atoms with E-state index in [1.807, 2.05) is 84.9 Å². The second kappa shape index (κ2) is 6.76. The smallest absolute Gasteiger partial charge is 0.356 e. The van der Waals surface area contributed by atoms with Gasteiger partial charge in [0, 0.05) is 11.1 Å². The molecule has 26 heavy (non-hydrogen) atoms. The first kappa shape index (κ1) is 16.0. The molecule has 4 heteroatoms. The minimum absolute atomic E-state index is 0.133. The van der Waals surface area contributed by atoms with Gasteiger partial charge in [0.2, 0.25) is 0 Å². The fourth-order valence-electron chi connectivity index (χ4n) is 3.12. The van der Waals surface area contributed by atoms with E-state index in [1.165, 1.54) is 0 Å². The Morgan fingerprint density at radius 1 is 0.846 bits per heavy atom. The molecule has 4 nitrogen and oxygen atoms in total. The van der Waals surface area contributed by atoms with Crippen LogP contribution in [-0.2, 0) is 6.61 Å². The first-order valence-corrected chi connectivity index (χ1v) is 8.34. The van der Waals surface area contributed by atoms with Gasteiger partial charge in [-0.15, -0.1) is 0 Å². The maximum absolute atomic E-state index is 12.1. The van der Waals surface area contributed by atoms with Crippen molar-refractivity contribution in [2.75, 3.05) is 0 Å². The lowest BCUT2D eigenvalue weighted by molar-refractivity contribution is 0.0683. The van der Waals surface area contributed by atoms with Crippen molar-refractivity contribution in [1.82, 2.24) is 4.57 Å². The van der Waals surface area contributed by atoms with E-state index < -0.39 is 5.97 Å². The summed E-state index contributed by atoms with van der Waals surface area (Å²) < 4.78 is 7.73. The Balaban J connectivity index is 1.89. The molecule has 0 radical (unpaired) electrons. The summed E-state index contributed by atoms with van der Waals surface area (Å²) in [7, 11) is 0. The third kappa shape index (κ3) is 2.82. The van der Waals surface area contributed by atoms with Crippen LogP contribution in [0.1, 0.15) is 16.1 Å². The van der Waals surface area contributed by atoms with E-state index in [0.29, 0.717) is 12.4 Å². The van der Waals surface area contributed by atoms with Crippen LogP contribution in [0.5, 0.6) is 5.75 Å². The second-order valence-corrected chi connectivity index (χ2v) is 5.95. The molecule has 0 bridgehead atoms. The Kier molecular flexibility index (Phi) is 4.15. The number of benzene rings is 3. The maximum Gasteiger partial charge on any atom is 0.356 e. The highest BCUT2D eigenvalue weighted by Crippen LogP contribution is 2.36. The van der Waals surface area contributed by atoms with Crippen molar-refractivity contribution in [1.29, 1.82) is 0 Å². The van der Waals surface area contributed by atoms with Crippen molar-refractivity contribution < 1.29 is 14.6 Å². The summed E-state index contributed by atoms with van der Waals surface area (Å²) in [6.45, 7) is 0.309. The zero-order valence-electron chi connectivity index (χ0n) is 14.0. The number of carboxylic acid groups (broad SMARTS) is 1. The van der Waals surface area contributed by atoms with E-state index in [2.05, 4.69) is 0 Å². The van der Waals surface area contributed by atoms with Crippen LogP contribution >= 0.6 is 0 Å². The molecule has 0 aliphatic rings. The van der Waals surface area contributed by atoms with E-state index in [1.54, 1.807) is 4.57 Å². The van der Waals surface area contributed by atoms with Gasteiger partial charge in [-0.25, -0.2) is 4.79 Å². The number of hydrogen-bond donors (Lipinski definition) is 1. The quantitative estimate of drug-likeness (QED) is 0.560. The Bertz CT molecular complexity index is 1050. The number of hydrogen-bond acceptors (Lipinski definition) is 2. The Labute approximate surface area is 150 Å². The van der Waals surface area contributed by atoms with Gasteiger partial charge < -0.3 is 14.4 Å². The lowest BCUT2D eigenvalue weighted by Gasteiger charge is -2.10. The molecule has 0 fully saturated rings. The summed E-state index contributed by atoms with van der Waals surface area (Å²) in [6.07, 6.45) is 0. The Morgan fingerprint density at radius 3 is 2.15 bits per heavy atom. The Hall–Kier alpha value is -3.53. The molecule has 4 rings (SSSR count). The zero-order chi connectivity index (χ0) is 17.9. The molecule has 1 aromatic heterocycles. The number of carbonyl (C=O) groups is 1. The number of carboxylic acids is 1. The van der Waals surface area contributed by atoms with Crippen molar-refractivity contribution in [2.45, 2.75) is 6.61 Å². The van der Waals surface area contributed by atoms with E-state index in [4.69, 9.17) is 4.74 Å². The van der Waals surface area contributed by atoms with Crippen LogP contribution in [0.4, 0.5) is 0 Å². The van der Waals surface area contributed by atoms with Crippen LogP contribution in [-0.4, -0.2) is 15.6 Å². The Morgan fingerprint density at radius 2 is 1.46 bits per heavy atom. The first-order chi connectivity index (χ1) is 12.8. The average Bonchev–Trinajstić information content (AvgIpc) is 3.02. The summed E-state index contributed by atoms with van der Waals surface area (Å²) in [5.41, 5.74) is 2.71. The SMILES string of the molecule is O=C(O)c1c(OCc2ccccc2)c2ccccc2n1-c1ccccc1. The van der Waals surface area contributed by atoms with Crippen molar-refractivity contribution in [3.05, 3.63) is 96.2 Å². The van der Waals surface area contributed by atoms with Crippen LogP contribution in [0.2, 0.25) is 0 Å². The number of rotatable bonds is 5. The van der Waals surface area contributed by atoms with Gasteiger partial charge in [0.05, 0.1) is 5.52 Å². The predicted octanol–water partition coefficient (Wildman–Crippen LogP) is 4.91. The summed E-state index contributed by atoms with van der Waals surface area (Å²) in [4.78, 5) is 12.1. The lowest BCUT2D eigenvalue weighted by Crippen LogP contribution is -2.09. The van der Waals surface area contributed by atoms with Crippen LogP contribution in [0, 0.1) is 0 Å². The molecule has 1 N–H and O–H groups in total. The zero-order valence-corrected chi connectivity index (χ0v) is 14.0. The molecule has 0 spiro atoms. The monoisotopic (exact) mass is 343 g/mol. The van der Waals surface area contributed by atoms with Crippen molar-refractivity contribution in [2.24, 2.45) is 0 Å². The molecule has 3 aromatic carbocycles. The average molecular weight is 343 g/mol. The molecule has 0 atom stereocenters. The summed E-state index contributed by atoms with van der Waals surface area (Å²) in [6, 6.07) is 26.8. The number of nitrogens with zero attached hydrogens (tertiary/aromatic N) is 1. The van der Waals surface area contributed by atoms with E-state index >= 15 is 0 Å². The summed E-state index contributed by atoms with van der Waals surface area (Å²) in [5, 5.41) is 10.7. The number of aromatic carboxylic acids is 1. The van der Waals surface area contributed by atoms with E-state index in [0.717, 1.165) is 22.2 Å². The molecule has 1 heterocycles. The predicted molar refractivity (Wildman–Crippen MR) is 101 cm³/mol. The minimum Gasteiger partial charge on any atom is -0.486 e. The van der Waals surface area contributed by atoms with Gasteiger partial charge in [-0.1, -0.05) is 60.7 Å². The molecule has 0 amide bonds. The number of ether oxygens (including phenoxy) is 1. The second-order valence-electron chi connectivity index (χ2n) is 5.95. The topological polar surface area (TPSA) is 51.5 Å². The van der Waals surface area contributed by atoms with Crippen molar-refractivity contribution >= 4 is 16.9 Å². The number of fused-ring (bicyclic) bond motifs is 1. The van der Waals surface area contributed by atoms with Crippen LogP contribution in [0.3, 0.4) is 0 Å². The van der Waals surface area contributed by atoms with E-state index in [-0.39, 0.29) is 5.69 Å². The molecular weight excluding hydrogens is 326 g/mol. The van der Waals surface area contributed by atoms with Gasteiger partial charge in [0.1, 0.15) is 6.61 Å². The molecule has 0 aliphatic carbocycles. The molecule has 0 saturated heterocycles. The maximum atomic E-state index is 12.1. The largest absolute Gasteiger partial charge is 0.486 e. The molecule has 0 unspecified atom stereocenters. The number of para-hydroxylation sites is 2.